The van der Waals surface area contributed by atoms with E-state index in [2.05, 4.69) is 101 Å². The number of hydrogen-bond donors (Lipinski definition) is 0. The molecule has 0 saturated heterocycles. The molecule has 0 aromatic carbocycles. The zero-order chi connectivity index (χ0) is 18.4. The van der Waals surface area contributed by atoms with Crippen LogP contribution in [0.5, 0.6) is 0 Å². The summed E-state index contributed by atoms with van der Waals surface area (Å²) in [5, 5.41) is 3.09. The third-order valence-electron chi connectivity index (χ3n) is 4.15. The minimum Gasteiger partial charge on any atom is -0.0846 e. The zero-order valence-corrected chi connectivity index (χ0v) is 19.5. The highest BCUT2D eigenvalue weighted by Crippen LogP contribution is 2.69. The maximum absolute atomic E-state index is 2.64. The predicted molar refractivity (Wildman–Crippen MR) is 114 cm³/mol. The van der Waals surface area contributed by atoms with Crippen LogP contribution in [0, 0.1) is 0 Å². The van der Waals surface area contributed by atoms with Gasteiger partial charge < -0.3 is 0 Å². The molecule has 0 spiro atoms. The molecule has 23 heavy (non-hydrogen) atoms. The molecule has 0 bridgehead atoms. The minimum absolute atomic E-state index is 0.120. The van der Waals surface area contributed by atoms with Gasteiger partial charge in [0, 0.05) is 5.66 Å². The first-order valence-electron chi connectivity index (χ1n) is 8.95. The first-order chi connectivity index (χ1) is 9.95. The largest absolute Gasteiger partial charge is 0.0846 e. The van der Waals surface area contributed by atoms with Gasteiger partial charge in [-0.15, -0.1) is 0 Å². The van der Waals surface area contributed by atoms with E-state index in [0.717, 1.165) is 0 Å². The van der Waals surface area contributed by atoms with Crippen LogP contribution < -0.4 is 0 Å². The highest BCUT2D eigenvalue weighted by molar-refractivity contribution is 7.65. The van der Waals surface area contributed by atoms with E-state index in [-0.39, 0.29) is 15.8 Å². The van der Waals surface area contributed by atoms with Gasteiger partial charge in [0.25, 0.3) is 0 Å². The second-order valence-electron chi connectivity index (χ2n) is 10.8. The fourth-order valence-electron chi connectivity index (χ4n) is 4.47. The van der Waals surface area contributed by atoms with Crippen molar-refractivity contribution in [2.45, 2.75) is 109 Å². The molecular weight excluding hydrogens is 314 g/mol. The van der Waals surface area contributed by atoms with E-state index < -0.39 is 0 Å². The molecular formula is C21H40P2. The Kier molecular flexibility index (Phi) is 6.11. The number of hydrogen-bond acceptors (Lipinski definition) is 0. The van der Waals surface area contributed by atoms with Crippen molar-refractivity contribution >= 4 is 15.8 Å². The first-order valence-corrected chi connectivity index (χ1v) is 11.7. The summed E-state index contributed by atoms with van der Waals surface area (Å²) in [6, 6.07) is 0. The van der Waals surface area contributed by atoms with Gasteiger partial charge in [-0.25, -0.2) is 0 Å². The third-order valence-corrected chi connectivity index (χ3v) is 11.5. The highest BCUT2D eigenvalue weighted by atomic mass is 31.1. The maximum atomic E-state index is 2.64. The molecule has 1 rings (SSSR count). The van der Waals surface area contributed by atoms with Crippen LogP contribution >= 0.6 is 15.8 Å². The van der Waals surface area contributed by atoms with Crippen molar-refractivity contribution in [2.75, 3.05) is 0 Å². The van der Waals surface area contributed by atoms with Crippen molar-refractivity contribution in [3.8, 4) is 0 Å². The predicted octanol–water partition coefficient (Wildman–Crippen LogP) is 7.97. The molecule has 0 nitrogen and oxygen atoms in total. The van der Waals surface area contributed by atoms with E-state index in [0.29, 0.717) is 26.3 Å². The van der Waals surface area contributed by atoms with Crippen LogP contribution in [-0.4, -0.2) is 26.3 Å². The van der Waals surface area contributed by atoms with Gasteiger partial charge in [-0.2, -0.15) is 0 Å². The summed E-state index contributed by atoms with van der Waals surface area (Å²) in [5.41, 5.74) is 0.634. The molecule has 0 saturated carbocycles. The van der Waals surface area contributed by atoms with Gasteiger partial charge in [0.05, 0.1) is 0 Å². The minimum atomic E-state index is -0.182. The van der Waals surface area contributed by atoms with Gasteiger partial charge in [0.15, 0.2) is 0 Å². The standard InChI is InChI=1S/C21H40P2/c1-18(2,3)22(19(4,5)6)16-13-14-17(15-16)23(20(7,8)9)21(10,11)12/h13-16H,1-12H3. The van der Waals surface area contributed by atoms with Gasteiger partial charge in [0.1, 0.15) is 0 Å². The summed E-state index contributed by atoms with van der Waals surface area (Å²) in [6.45, 7) is 29.1. The quantitative estimate of drug-likeness (QED) is 0.441. The fraction of sp³-hybridized carbons (Fsp3) is 0.810. The van der Waals surface area contributed by atoms with Crippen LogP contribution in [-0.2, 0) is 0 Å². The van der Waals surface area contributed by atoms with Crippen molar-refractivity contribution in [3.05, 3.63) is 23.5 Å². The lowest BCUT2D eigenvalue weighted by Crippen LogP contribution is -2.29. The molecule has 0 heterocycles. The highest BCUT2D eigenvalue weighted by Gasteiger charge is 2.42. The molecule has 0 radical (unpaired) electrons. The second kappa shape index (κ2) is 6.57. The first kappa shape index (κ1) is 21.4. The van der Waals surface area contributed by atoms with E-state index in [4.69, 9.17) is 0 Å². The molecule has 1 unspecified atom stereocenters. The molecule has 0 fully saturated rings. The monoisotopic (exact) mass is 354 g/mol. The van der Waals surface area contributed by atoms with Gasteiger partial charge in [-0.1, -0.05) is 117 Å². The maximum Gasteiger partial charge on any atom is 0.0172 e. The van der Waals surface area contributed by atoms with Crippen LogP contribution in [0.3, 0.4) is 0 Å². The Bertz CT molecular complexity index is 442. The van der Waals surface area contributed by atoms with Crippen molar-refractivity contribution < 1.29 is 0 Å². The normalized spacial score (nSPS) is 20.6. The van der Waals surface area contributed by atoms with Gasteiger partial charge in [-0.05, 0) is 25.9 Å². The lowest BCUT2D eigenvalue weighted by Gasteiger charge is -2.45. The van der Waals surface area contributed by atoms with Crippen LogP contribution in [0.2, 0.25) is 0 Å². The molecule has 0 aromatic heterocycles. The average molecular weight is 354 g/mol. The zero-order valence-electron chi connectivity index (χ0n) is 17.7. The lowest BCUT2D eigenvalue weighted by atomic mass is 10.2. The van der Waals surface area contributed by atoms with E-state index in [9.17, 15) is 0 Å². The molecule has 2 heteroatoms. The van der Waals surface area contributed by atoms with Crippen LogP contribution in [0.1, 0.15) is 83.1 Å². The fourth-order valence-corrected chi connectivity index (χ4v) is 13.1. The smallest absolute Gasteiger partial charge is 0.0172 e. The van der Waals surface area contributed by atoms with E-state index in [1.54, 1.807) is 5.31 Å². The lowest BCUT2D eigenvalue weighted by molar-refractivity contribution is 0.701. The Labute approximate surface area is 149 Å². The molecule has 1 aliphatic carbocycles. The topological polar surface area (TPSA) is 0 Å². The Morgan fingerprint density at radius 2 is 1.04 bits per heavy atom. The Balaban J connectivity index is 3.26. The summed E-state index contributed by atoms with van der Waals surface area (Å²) in [6.07, 6.45) is 7.63. The summed E-state index contributed by atoms with van der Waals surface area (Å²) in [7, 11) is -0.302. The summed E-state index contributed by atoms with van der Waals surface area (Å²) < 4.78 is 0. The summed E-state index contributed by atoms with van der Waals surface area (Å²) >= 11 is 0. The summed E-state index contributed by atoms with van der Waals surface area (Å²) in [5.74, 6) is 0. The second-order valence-corrected chi connectivity index (χ2v) is 18.7. The Hall–Kier alpha value is 0.340. The van der Waals surface area contributed by atoms with Crippen molar-refractivity contribution in [1.82, 2.24) is 0 Å². The van der Waals surface area contributed by atoms with Crippen LogP contribution in [0.25, 0.3) is 0 Å². The van der Waals surface area contributed by atoms with E-state index >= 15 is 0 Å². The molecule has 1 aliphatic rings. The molecule has 0 N–H and O–H groups in total. The molecule has 1 atom stereocenters. The SMILES string of the molecule is CC(C)(C)P(C1=CC(P(C(C)(C)C)C(C)(C)C)C=C1)C(C)(C)C. The third kappa shape index (κ3) is 5.41. The molecule has 0 amide bonds. The van der Waals surface area contributed by atoms with Crippen molar-refractivity contribution in [2.24, 2.45) is 0 Å². The van der Waals surface area contributed by atoms with Gasteiger partial charge in [0.2, 0.25) is 0 Å². The number of allylic oxidation sites excluding steroid dienone is 4. The summed E-state index contributed by atoms with van der Waals surface area (Å²) in [4.78, 5) is 0. The molecule has 0 aliphatic heterocycles. The van der Waals surface area contributed by atoms with Crippen LogP contribution in [0.4, 0.5) is 0 Å². The van der Waals surface area contributed by atoms with E-state index in [1.807, 2.05) is 0 Å². The molecule has 0 aromatic rings. The van der Waals surface area contributed by atoms with Gasteiger partial charge in [-0.3, -0.25) is 0 Å². The van der Waals surface area contributed by atoms with Gasteiger partial charge >= 0.3 is 0 Å². The van der Waals surface area contributed by atoms with Crippen LogP contribution in [0.15, 0.2) is 23.5 Å². The number of rotatable bonds is 2. The van der Waals surface area contributed by atoms with Crippen molar-refractivity contribution in [3.63, 3.8) is 0 Å². The van der Waals surface area contributed by atoms with Crippen molar-refractivity contribution in [1.29, 1.82) is 0 Å². The van der Waals surface area contributed by atoms with E-state index in [1.165, 1.54) is 0 Å². The Morgan fingerprint density at radius 3 is 1.35 bits per heavy atom. The average Bonchev–Trinajstić information content (AvgIpc) is 2.55. The Morgan fingerprint density at radius 1 is 0.652 bits per heavy atom. The molecule has 134 valence electrons.